The summed E-state index contributed by atoms with van der Waals surface area (Å²) in [5.41, 5.74) is 1.34. The standard InChI is InChI=1S/C13H9ClN10/c14-7-2-1-3-8(4-7)18-11-10-12(15-5-9-19-23-24-20-9)21-22-13(10)17-6-16-11/h1-6H,(H,19,20,23,24)(H2,16,17,18,21,22). The number of H-pyrrole nitrogens is 2. The minimum atomic E-state index is 0.409. The van der Waals surface area contributed by atoms with E-state index in [0.29, 0.717) is 33.5 Å². The van der Waals surface area contributed by atoms with Crippen LogP contribution in [0.4, 0.5) is 17.3 Å². The zero-order valence-electron chi connectivity index (χ0n) is 12.0. The van der Waals surface area contributed by atoms with Crippen LogP contribution in [-0.4, -0.2) is 47.0 Å². The van der Waals surface area contributed by atoms with Gasteiger partial charge in [0.25, 0.3) is 0 Å². The van der Waals surface area contributed by atoms with Crippen LogP contribution in [-0.2, 0) is 0 Å². The Kier molecular flexibility index (Phi) is 3.56. The third kappa shape index (κ3) is 2.77. The van der Waals surface area contributed by atoms with E-state index in [1.54, 1.807) is 12.1 Å². The number of halogens is 1. The summed E-state index contributed by atoms with van der Waals surface area (Å²) in [5, 5.41) is 24.7. The molecule has 10 nitrogen and oxygen atoms in total. The highest BCUT2D eigenvalue weighted by Gasteiger charge is 2.12. The lowest BCUT2D eigenvalue weighted by Crippen LogP contribution is -1.95. The number of tetrazole rings is 1. The molecule has 3 heterocycles. The van der Waals surface area contributed by atoms with E-state index in [4.69, 9.17) is 11.6 Å². The van der Waals surface area contributed by atoms with E-state index in [2.05, 4.69) is 51.1 Å². The van der Waals surface area contributed by atoms with Gasteiger partial charge in [-0.05, 0) is 28.6 Å². The highest BCUT2D eigenvalue weighted by molar-refractivity contribution is 6.30. The number of aromatic amines is 2. The van der Waals surface area contributed by atoms with Crippen molar-refractivity contribution in [3.8, 4) is 0 Å². The average molecular weight is 341 g/mol. The van der Waals surface area contributed by atoms with Crippen LogP contribution in [0.25, 0.3) is 11.0 Å². The Morgan fingerprint density at radius 3 is 3.00 bits per heavy atom. The van der Waals surface area contributed by atoms with Gasteiger partial charge in [0.05, 0.1) is 6.21 Å². The molecular formula is C13H9ClN10. The Balaban J connectivity index is 1.74. The second-order valence-electron chi connectivity index (χ2n) is 4.67. The zero-order valence-corrected chi connectivity index (χ0v) is 12.7. The van der Waals surface area contributed by atoms with Crippen molar-refractivity contribution < 1.29 is 0 Å². The highest BCUT2D eigenvalue weighted by Crippen LogP contribution is 2.29. The summed E-state index contributed by atoms with van der Waals surface area (Å²) in [4.78, 5) is 12.7. The van der Waals surface area contributed by atoms with E-state index in [0.717, 1.165) is 5.69 Å². The van der Waals surface area contributed by atoms with E-state index >= 15 is 0 Å². The largest absolute Gasteiger partial charge is 0.339 e. The first-order valence-electron chi connectivity index (χ1n) is 6.79. The molecule has 24 heavy (non-hydrogen) atoms. The number of nitrogens with zero attached hydrogens (tertiary/aromatic N) is 7. The molecule has 0 spiro atoms. The fourth-order valence-electron chi connectivity index (χ4n) is 2.08. The molecule has 118 valence electrons. The molecule has 0 bridgehead atoms. The summed E-state index contributed by atoms with van der Waals surface area (Å²) >= 11 is 6.01. The second-order valence-corrected chi connectivity index (χ2v) is 5.11. The van der Waals surface area contributed by atoms with E-state index in [-0.39, 0.29) is 0 Å². The third-order valence-electron chi connectivity index (χ3n) is 3.10. The molecule has 0 saturated heterocycles. The quantitative estimate of drug-likeness (QED) is 0.484. The maximum atomic E-state index is 6.01. The van der Waals surface area contributed by atoms with Gasteiger partial charge in [-0.2, -0.15) is 5.10 Å². The maximum Gasteiger partial charge on any atom is 0.190 e. The first-order valence-corrected chi connectivity index (χ1v) is 7.17. The maximum absolute atomic E-state index is 6.01. The predicted octanol–water partition coefficient (Wildman–Crippen LogP) is 2.01. The SMILES string of the molecule is Clc1cccc(Nc2ncnc3[nH]nc(N=Cc4nnn[nH]4)c23)c1. The van der Waals surface area contributed by atoms with E-state index in [9.17, 15) is 0 Å². The third-order valence-corrected chi connectivity index (χ3v) is 3.33. The molecule has 0 fully saturated rings. The molecule has 0 atom stereocenters. The van der Waals surface area contributed by atoms with Crippen molar-refractivity contribution in [3.63, 3.8) is 0 Å². The van der Waals surface area contributed by atoms with Gasteiger partial charge in [0.15, 0.2) is 17.3 Å². The molecular weight excluding hydrogens is 332 g/mol. The van der Waals surface area contributed by atoms with Gasteiger partial charge in [-0.1, -0.05) is 17.7 Å². The van der Waals surface area contributed by atoms with E-state index in [1.807, 2.05) is 12.1 Å². The van der Waals surface area contributed by atoms with Crippen molar-refractivity contribution >= 4 is 46.2 Å². The van der Waals surface area contributed by atoms with Crippen LogP contribution in [0.5, 0.6) is 0 Å². The van der Waals surface area contributed by atoms with Crippen LogP contribution < -0.4 is 5.32 Å². The molecule has 0 aliphatic carbocycles. The Hall–Kier alpha value is -3.40. The van der Waals surface area contributed by atoms with Crippen molar-refractivity contribution in [3.05, 3.63) is 41.4 Å². The summed E-state index contributed by atoms with van der Waals surface area (Å²) in [6.07, 6.45) is 2.90. The molecule has 11 heteroatoms. The number of hydrogen-bond acceptors (Lipinski definition) is 8. The molecule has 0 unspecified atom stereocenters. The molecule has 0 aliphatic heterocycles. The minimum Gasteiger partial charge on any atom is -0.339 e. The van der Waals surface area contributed by atoms with Crippen LogP contribution in [0.15, 0.2) is 35.6 Å². The molecule has 4 rings (SSSR count). The molecule has 4 aromatic rings. The van der Waals surface area contributed by atoms with Gasteiger partial charge in [-0.25, -0.2) is 20.1 Å². The van der Waals surface area contributed by atoms with Crippen molar-refractivity contribution in [2.45, 2.75) is 0 Å². The summed E-state index contributed by atoms with van der Waals surface area (Å²) in [7, 11) is 0. The fourth-order valence-corrected chi connectivity index (χ4v) is 2.27. The Morgan fingerprint density at radius 1 is 1.21 bits per heavy atom. The van der Waals surface area contributed by atoms with Gasteiger partial charge in [0.1, 0.15) is 17.5 Å². The number of aromatic nitrogens is 8. The number of fused-ring (bicyclic) bond motifs is 1. The smallest absolute Gasteiger partial charge is 0.190 e. The lowest BCUT2D eigenvalue weighted by atomic mass is 10.3. The minimum absolute atomic E-state index is 0.409. The number of aliphatic imine (C=N–C) groups is 1. The molecule has 3 N–H and O–H groups in total. The summed E-state index contributed by atoms with van der Waals surface area (Å²) in [5.74, 6) is 1.37. The van der Waals surface area contributed by atoms with Gasteiger partial charge >= 0.3 is 0 Å². The van der Waals surface area contributed by atoms with Gasteiger partial charge < -0.3 is 5.32 Å². The van der Waals surface area contributed by atoms with E-state index in [1.165, 1.54) is 12.5 Å². The van der Waals surface area contributed by atoms with Gasteiger partial charge in [-0.3, -0.25) is 5.10 Å². The van der Waals surface area contributed by atoms with Crippen LogP contribution in [0.3, 0.4) is 0 Å². The first kappa shape index (κ1) is 14.2. The van der Waals surface area contributed by atoms with Crippen molar-refractivity contribution in [2.24, 2.45) is 4.99 Å². The number of anilines is 2. The van der Waals surface area contributed by atoms with E-state index < -0.39 is 0 Å². The van der Waals surface area contributed by atoms with Crippen molar-refractivity contribution in [2.75, 3.05) is 5.32 Å². The molecule has 1 aromatic carbocycles. The number of benzene rings is 1. The lowest BCUT2D eigenvalue weighted by molar-refractivity contribution is 0.881. The lowest BCUT2D eigenvalue weighted by Gasteiger charge is -2.06. The molecule has 3 aromatic heterocycles. The monoisotopic (exact) mass is 340 g/mol. The topological polar surface area (TPSA) is 133 Å². The zero-order chi connectivity index (χ0) is 16.4. The number of nitrogens with one attached hydrogen (secondary N) is 3. The number of hydrogen-bond donors (Lipinski definition) is 3. The van der Waals surface area contributed by atoms with Crippen LogP contribution in [0, 0.1) is 0 Å². The van der Waals surface area contributed by atoms with Crippen LogP contribution >= 0.6 is 11.6 Å². The Labute approximate surface area is 139 Å². The first-order chi connectivity index (χ1) is 11.8. The fraction of sp³-hybridized carbons (Fsp3) is 0. The van der Waals surface area contributed by atoms with Gasteiger partial charge in [-0.15, -0.1) is 5.10 Å². The molecule has 0 radical (unpaired) electrons. The average Bonchev–Trinajstić information content (AvgIpc) is 3.23. The summed E-state index contributed by atoms with van der Waals surface area (Å²) in [6, 6.07) is 7.30. The molecule has 0 saturated carbocycles. The van der Waals surface area contributed by atoms with Crippen LogP contribution in [0.1, 0.15) is 5.82 Å². The van der Waals surface area contributed by atoms with Crippen molar-refractivity contribution in [1.29, 1.82) is 0 Å². The second kappa shape index (κ2) is 6.01. The summed E-state index contributed by atoms with van der Waals surface area (Å²) < 4.78 is 0. The normalized spacial score (nSPS) is 11.4. The predicted molar refractivity (Wildman–Crippen MR) is 87.9 cm³/mol. The van der Waals surface area contributed by atoms with Gasteiger partial charge in [0.2, 0.25) is 0 Å². The Bertz CT molecular complexity index is 1010. The molecule has 0 amide bonds. The number of rotatable bonds is 4. The summed E-state index contributed by atoms with van der Waals surface area (Å²) in [6.45, 7) is 0. The Morgan fingerprint density at radius 2 is 2.17 bits per heavy atom. The van der Waals surface area contributed by atoms with Crippen LogP contribution in [0.2, 0.25) is 5.02 Å². The van der Waals surface area contributed by atoms with Crippen molar-refractivity contribution in [1.82, 2.24) is 40.8 Å². The molecule has 0 aliphatic rings. The van der Waals surface area contributed by atoms with Gasteiger partial charge in [0, 0.05) is 10.7 Å². The highest BCUT2D eigenvalue weighted by atomic mass is 35.5.